The maximum Gasteiger partial charge on any atom is 0.337 e. The normalized spacial score (nSPS) is 11.0. The standard InChI is InChI=1S/C27H25N3O4/c1-33-23-12-10-19(11-13-23)15-26(31)29-28-16-22-18-30(25-9-4-3-8-24(22)25)17-20-6-5-7-21(14-20)27(32)34-2/h3-14,16,18H,15,17H2,1-2H3,(H,29,31)/b28-16+. The number of nitrogens with zero attached hydrogens (tertiary/aromatic N) is 2. The van der Waals surface area contributed by atoms with Crippen molar-refractivity contribution in [3.8, 4) is 5.75 Å². The van der Waals surface area contributed by atoms with Crippen LogP contribution in [-0.2, 0) is 22.5 Å². The Morgan fingerprint density at radius 1 is 0.971 bits per heavy atom. The molecule has 0 aliphatic heterocycles. The lowest BCUT2D eigenvalue weighted by molar-refractivity contribution is -0.120. The highest BCUT2D eigenvalue weighted by molar-refractivity contribution is 5.99. The van der Waals surface area contributed by atoms with Gasteiger partial charge in [-0.3, -0.25) is 4.79 Å². The highest BCUT2D eigenvalue weighted by atomic mass is 16.5. The van der Waals surface area contributed by atoms with Gasteiger partial charge in [0, 0.05) is 29.2 Å². The van der Waals surface area contributed by atoms with Crippen LogP contribution in [0.15, 0.2) is 84.1 Å². The van der Waals surface area contributed by atoms with Gasteiger partial charge in [0.1, 0.15) is 5.75 Å². The molecule has 4 rings (SSSR count). The maximum atomic E-state index is 12.3. The Balaban J connectivity index is 1.48. The number of esters is 1. The minimum Gasteiger partial charge on any atom is -0.497 e. The summed E-state index contributed by atoms with van der Waals surface area (Å²) in [5, 5.41) is 5.18. The maximum absolute atomic E-state index is 12.3. The first-order valence-corrected chi connectivity index (χ1v) is 10.8. The average molecular weight is 456 g/mol. The third-order valence-corrected chi connectivity index (χ3v) is 5.44. The summed E-state index contributed by atoms with van der Waals surface area (Å²) >= 11 is 0. The van der Waals surface area contributed by atoms with Crippen molar-refractivity contribution >= 4 is 29.0 Å². The Morgan fingerprint density at radius 3 is 2.53 bits per heavy atom. The number of carbonyl (C=O) groups excluding carboxylic acids is 2. The van der Waals surface area contributed by atoms with Gasteiger partial charge in [0.2, 0.25) is 5.91 Å². The summed E-state index contributed by atoms with van der Waals surface area (Å²) in [4.78, 5) is 24.1. The average Bonchev–Trinajstić information content (AvgIpc) is 3.21. The third-order valence-electron chi connectivity index (χ3n) is 5.44. The number of para-hydroxylation sites is 1. The van der Waals surface area contributed by atoms with Crippen molar-refractivity contribution < 1.29 is 19.1 Å². The Hall–Kier alpha value is -4.39. The zero-order chi connectivity index (χ0) is 23.9. The van der Waals surface area contributed by atoms with E-state index in [0.717, 1.165) is 33.3 Å². The number of amides is 1. The van der Waals surface area contributed by atoms with Crippen LogP contribution in [0.2, 0.25) is 0 Å². The quantitative estimate of drug-likeness (QED) is 0.246. The number of ether oxygens (including phenoxy) is 2. The van der Waals surface area contributed by atoms with Crippen molar-refractivity contribution in [3.05, 3.63) is 101 Å². The van der Waals surface area contributed by atoms with Crippen molar-refractivity contribution in [2.45, 2.75) is 13.0 Å². The largest absolute Gasteiger partial charge is 0.497 e. The Labute approximate surface area is 197 Å². The van der Waals surface area contributed by atoms with Crippen LogP contribution in [0.3, 0.4) is 0 Å². The molecule has 4 aromatic rings. The molecule has 1 heterocycles. The number of methoxy groups -OCH3 is 2. The van der Waals surface area contributed by atoms with E-state index in [0.29, 0.717) is 12.1 Å². The number of hydrogen-bond donors (Lipinski definition) is 1. The first-order valence-electron chi connectivity index (χ1n) is 10.8. The van der Waals surface area contributed by atoms with Gasteiger partial charge >= 0.3 is 5.97 Å². The van der Waals surface area contributed by atoms with Crippen LogP contribution in [0.4, 0.5) is 0 Å². The van der Waals surface area contributed by atoms with E-state index in [4.69, 9.17) is 9.47 Å². The van der Waals surface area contributed by atoms with Crippen molar-refractivity contribution in [1.29, 1.82) is 0 Å². The number of carbonyl (C=O) groups is 2. The Morgan fingerprint density at radius 2 is 1.76 bits per heavy atom. The van der Waals surface area contributed by atoms with Gasteiger partial charge in [0.15, 0.2) is 0 Å². The molecule has 0 aliphatic rings. The minimum absolute atomic E-state index is 0.204. The van der Waals surface area contributed by atoms with Gasteiger partial charge < -0.3 is 14.0 Å². The number of benzene rings is 3. The lowest BCUT2D eigenvalue weighted by atomic mass is 10.1. The van der Waals surface area contributed by atoms with Gasteiger partial charge in [-0.2, -0.15) is 5.10 Å². The van der Waals surface area contributed by atoms with Gasteiger partial charge in [0.05, 0.1) is 32.4 Å². The summed E-state index contributed by atoms with van der Waals surface area (Å²) in [6, 6.07) is 22.7. The first-order chi connectivity index (χ1) is 16.6. The minimum atomic E-state index is -0.364. The molecule has 0 bridgehead atoms. The molecule has 7 heteroatoms. The molecule has 0 aliphatic carbocycles. The van der Waals surface area contributed by atoms with Gasteiger partial charge in [-0.25, -0.2) is 10.2 Å². The second-order valence-electron chi connectivity index (χ2n) is 7.74. The molecule has 1 aromatic heterocycles. The van der Waals surface area contributed by atoms with Gasteiger partial charge in [0.25, 0.3) is 0 Å². The van der Waals surface area contributed by atoms with E-state index in [-0.39, 0.29) is 18.3 Å². The molecule has 0 fully saturated rings. The summed E-state index contributed by atoms with van der Waals surface area (Å²) in [5.74, 6) is 0.179. The molecule has 0 saturated carbocycles. The number of fused-ring (bicyclic) bond motifs is 1. The van der Waals surface area contributed by atoms with E-state index in [9.17, 15) is 9.59 Å². The van der Waals surface area contributed by atoms with Crippen LogP contribution in [0.5, 0.6) is 5.75 Å². The predicted molar refractivity (Wildman–Crippen MR) is 131 cm³/mol. The fraction of sp³-hybridized carbons (Fsp3) is 0.148. The zero-order valence-electron chi connectivity index (χ0n) is 19.0. The van der Waals surface area contributed by atoms with Gasteiger partial charge in [-0.05, 0) is 41.5 Å². The SMILES string of the molecule is COC(=O)c1cccc(Cn2cc(/C=N/NC(=O)Cc3ccc(OC)cc3)c3ccccc32)c1. The van der Waals surface area contributed by atoms with E-state index in [1.807, 2.05) is 72.9 Å². The number of nitrogens with one attached hydrogen (secondary N) is 1. The summed E-state index contributed by atoms with van der Waals surface area (Å²) in [6.45, 7) is 0.572. The van der Waals surface area contributed by atoms with E-state index in [1.165, 1.54) is 7.11 Å². The van der Waals surface area contributed by atoms with Crippen molar-refractivity contribution in [2.75, 3.05) is 14.2 Å². The summed E-state index contributed by atoms with van der Waals surface area (Å²) in [6.07, 6.45) is 3.85. The van der Waals surface area contributed by atoms with E-state index < -0.39 is 0 Å². The fourth-order valence-electron chi connectivity index (χ4n) is 3.76. The second-order valence-corrected chi connectivity index (χ2v) is 7.74. The number of rotatable bonds is 8. The van der Waals surface area contributed by atoms with Crippen molar-refractivity contribution in [3.63, 3.8) is 0 Å². The van der Waals surface area contributed by atoms with Crippen LogP contribution >= 0.6 is 0 Å². The van der Waals surface area contributed by atoms with Gasteiger partial charge in [-0.15, -0.1) is 0 Å². The molecule has 0 saturated heterocycles. The molecule has 0 unspecified atom stereocenters. The molecule has 0 spiro atoms. The van der Waals surface area contributed by atoms with E-state index in [2.05, 4.69) is 15.1 Å². The van der Waals surface area contributed by atoms with Crippen molar-refractivity contribution in [1.82, 2.24) is 9.99 Å². The van der Waals surface area contributed by atoms with Gasteiger partial charge in [-0.1, -0.05) is 42.5 Å². The Bertz CT molecular complexity index is 1340. The van der Waals surface area contributed by atoms with Crippen LogP contribution in [0.25, 0.3) is 10.9 Å². The zero-order valence-corrected chi connectivity index (χ0v) is 19.0. The molecular formula is C27H25N3O4. The molecule has 3 aromatic carbocycles. The van der Waals surface area contributed by atoms with E-state index >= 15 is 0 Å². The van der Waals surface area contributed by atoms with Crippen LogP contribution in [-0.4, -0.2) is 36.9 Å². The fourth-order valence-corrected chi connectivity index (χ4v) is 3.76. The summed E-state index contributed by atoms with van der Waals surface area (Å²) in [5.41, 5.74) is 6.86. The molecule has 0 radical (unpaired) electrons. The molecule has 7 nitrogen and oxygen atoms in total. The highest BCUT2D eigenvalue weighted by Crippen LogP contribution is 2.21. The molecule has 1 N–H and O–H groups in total. The van der Waals surface area contributed by atoms with Crippen LogP contribution in [0.1, 0.15) is 27.0 Å². The molecule has 1 amide bonds. The number of aromatic nitrogens is 1. The van der Waals surface area contributed by atoms with Crippen molar-refractivity contribution in [2.24, 2.45) is 5.10 Å². The molecule has 34 heavy (non-hydrogen) atoms. The second kappa shape index (κ2) is 10.5. The third kappa shape index (κ3) is 5.32. The highest BCUT2D eigenvalue weighted by Gasteiger charge is 2.10. The predicted octanol–water partition coefficient (Wildman–Crippen LogP) is 4.18. The van der Waals surface area contributed by atoms with E-state index in [1.54, 1.807) is 19.4 Å². The Kier molecular flexibility index (Phi) is 7.03. The topological polar surface area (TPSA) is 81.9 Å². The monoisotopic (exact) mass is 455 g/mol. The number of hydrazone groups is 1. The molecule has 172 valence electrons. The smallest absolute Gasteiger partial charge is 0.337 e. The lowest BCUT2D eigenvalue weighted by Gasteiger charge is -2.07. The lowest BCUT2D eigenvalue weighted by Crippen LogP contribution is -2.19. The summed E-state index contributed by atoms with van der Waals surface area (Å²) < 4.78 is 12.1. The number of hydrogen-bond acceptors (Lipinski definition) is 5. The first kappa shape index (κ1) is 22.8. The molecular weight excluding hydrogens is 430 g/mol. The molecule has 0 atom stereocenters. The summed E-state index contributed by atoms with van der Waals surface area (Å²) in [7, 11) is 2.97. The van der Waals surface area contributed by atoms with Crippen LogP contribution < -0.4 is 10.2 Å². The van der Waals surface area contributed by atoms with Crippen LogP contribution in [0, 0.1) is 0 Å².